The molecule has 0 radical (unpaired) electrons. The maximum absolute atomic E-state index is 11.8. The van der Waals surface area contributed by atoms with Crippen molar-refractivity contribution in [2.75, 3.05) is 20.3 Å². The number of hydrogen-bond donors (Lipinski definition) is 1. The Labute approximate surface area is 158 Å². The molecular weight excluding hydrogens is 354 g/mol. The number of esters is 1. The molecule has 8 heteroatoms. The van der Waals surface area contributed by atoms with Crippen LogP contribution in [-0.4, -0.2) is 44.4 Å². The van der Waals surface area contributed by atoms with Gasteiger partial charge >= 0.3 is 12.1 Å². The van der Waals surface area contributed by atoms with Crippen molar-refractivity contribution in [3.05, 3.63) is 29.8 Å². The minimum Gasteiger partial charge on any atom is -0.490 e. The van der Waals surface area contributed by atoms with E-state index >= 15 is 0 Å². The average molecular weight is 379 g/mol. The van der Waals surface area contributed by atoms with Crippen molar-refractivity contribution in [1.29, 1.82) is 0 Å². The summed E-state index contributed by atoms with van der Waals surface area (Å²) in [5.41, 5.74) is 0.700. The normalized spacial score (nSPS) is 11.6. The van der Waals surface area contributed by atoms with Crippen molar-refractivity contribution in [1.82, 2.24) is 5.32 Å². The summed E-state index contributed by atoms with van der Waals surface area (Å²) < 4.78 is 20.4. The molecule has 0 saturated heterocycles. The summed E-state index contributed by atoms with van der Waals surface area (Å²) in [5.74, 6) is -0.301. The Morgan fingerprint density at radius 2 is 1.89 bits per heavy atom. The Hall–Kier alpha value is -3.03. The fourth-order valence-electron chi connectivity index (χ4n) is 1.91. The van der Waals surface area contributed by atoms with Crippen LogP contribution in [-0.2, 0) is 19.1 Å². The molecule has 1 aromatic rings. The van der Waals surface area contributed by atoms with Crippen molar-refractivity contribution < 1.29 is 33.3 Å². The molecule has 1 N–H and O–H groups in total. The smallest absolute Gasteiger partial charge is 0.413 e. The number of carbonyl (C=O) groups excluding carboxylic acids is 3. The van der Waals surface area contributed by atoms with Gasteiger partial charge in [-0.1, -0.05) is 13.0 Å². The van der Waals surface area contributed by atoms with E-state index in [1.54, 1.807) is 18.2 Å². The first-order chi connectivity index (χ1) is 12.9. The van der Waals surface area contributed by atoms with E-state index in [9.17, 15) is 14.4 Å². The van der Waals surface area contributed by atoms with Gasteiger partial charge in [0, 0.05) is 6.08 Å². The zero-order valence-corrected chi connectivity index (χ0v) is 15.9. The van der Waals surface area contributed by atoms with Crippen LogP contribution in [0, 0.1) is 0 Å². The minimum absolute atomic E-state index is 0.477. The first-order valence-electron chi connectivity index (χ1n) is 8.58. The van der Waals surface area contributed by atoms with Crippen LogP contribution in [0.25, 0.3) is 6.08 Å². The second kappa shape index (κ2) is 11.6. The SMILES string of the molecule is CCCOc1ccc(/C=C/C(=O)O[C@@H](C)C(=O)NC(=O)OC)cc1OCC. The minimum atomic E-state index is -1.15. The van der Waals surface area contributed by atoms with Crippen molar-refractivity contribution in [2.24, 2.45) is 0 Å². The van der Waals surface area contributed by atoms with Crippen LogP contribution in [0.2, 0.25) is 0 Å². The van der Waals surface area contributed by atoms with Crippen LogP contribution in [0.15, 0.2) is 24.3 Å². The quantitative estimate of drug-likeness (QED) is 0.520. The molecular formula is C19H25NO7. The first kappa shape index (κ1) is 22.0. The molecule has 1 atom stereocenters. The summed E-state index contributed by atoms with van der Waals surface area (Å²) in [7, 11) is 1.12. The van der Waals surface area contributed by atoms with Gasteiger partial charge in [0.25, 0.3) is 5.91 Å². The second-order valence-corrected chi connectivity index (χ2v) is 5.38. The van der Waals surface area contributed by atoms with E-state index in [0.29, 0.717) is 30.3 Å². The molecule has 0 heterocycles. The van der Waals surface area contributed by atoms with Crippen molar-refractivity contribution in [3.63, 3.8) is 0 Å². The number of amides is 2. The number of carbonyl (C=O) groups is 3. The molecule has 0 aliphatic heterocycles. The molecule has 148 valence electrons. The van der Waals surface area contributed by atoms with E-state index in [-0.39, 0.29) is 0 Å². The summed E-state index contributed by atoms with van der Waals surface area (Å²) in [6, 6.07) is 5.27. The third-order valence-corrected chi connectivity index (χ3v) is 3.21. The highest BCUT2D eigenvalue weighted by atomic mass is 16.6. The number of nitrogens with one attached hydrogen (secondary N) is 1. The Morgan fingerprint density at radius 1 is 1.15 bits per heavy atom. The lowest BCUT2D eigenvalue weighted by atomic mass is 10.2. The van der Waals surface area contributed by atoms with Crippen LogP contribution in [0.3, 0.4) is 0 Å². The highest BCUT2D eigenvalue weighted by Crippen LogP contribution is 2.29. The molecule has 0 aromatic heterocycles. The highest BCUT2D eigenvalue weighted by Gasteiger charge is 2.19. The summed E-state index contributed by atoms with van der Waals surface area (Å²) in [6.45, 7) is 6.27. The molecule has 2 amide bonds. The molecule has 0 bridgehead atoms. The third kappa shape index (κ3) is 7.81. The predicted octanol–water partition coefficient (Wildman–Crippen LogP) is 2.70. The van der Waals surface area contributed by atoms with Crippen LogP contribution < -0.4 is 14.8 Å². The second-order valence-electron chi connectivity index (χ2n) is 5.38. The van der Waals surface area contributed by atoms with E-state index in [1.165, 1.54) is 19.1 Å². The molecule has 0 saturated carbocycles. The molecule has 0 spiro atoms. The fraction of sp³-hybridized carbons (Fsp3) is 0.421. The molecule has 0 unspecified atom stereocenters. The maximum Gasteiger partial charge on any atom is 0.413 e. The highest BCUT2D eigenvalue weighted by molar-refractivity contribution is 5.96. The van der Waals surface area contributed by atoms with Gasteiger partial charge in [-0.2, -0.15) is 0 Å². The van der Waals surface area contributed by atoms with Gasteiger partial charge in [-0.15, -0.1) is 0 Å². The summed E-state index contributed by atoms with van der Waals surface area (Å²) in [6.07, 6.45) is 1.51. The van der Waals surface area contributed by atoms with Gasteiger partial charge in [-0.3, -0.25) is 10.1 Å². The molecule has 0 fully saturated rings. The molecule has 1 aromatic carbocycles. The average Bonchev–Trinajstić information content (AvgIpc) is 2.65. The Bertz CT molecular complexity index is 685. The fourth-order valence-corrected chi connectivity index (χ4v) is 1.91. The van der Waals surface area contributed by atoms with Crippen LogP contribution >= 0.6 is 0 Å². The van der Waals surface area contributed by atoms with Crippen LogP contribution in [0.1, 0.15) is 32.8 Å². The number of imide groups is 1. The summed E-state index contributed by atoms with van der Waals surface area (Å²) >= 11 is 0. The molecule has 1 rings (SSSR count). The van der Waals surface area contributed by atoms with Crippen LogP contribution in [0.5, 0.6) is 11.5 Å². The number of ether oxygens (including phenoxy) is 4. The van der Waals surface area contributed by atoms with Crippen LogP contribution in [0.4, 0.5) is 4.79 Å². The van der Waals surface area contributed by atoms with E-state index in [0.717, 1.165) is 13.5 Å². The number of methoxy groups -OCH3 is 1. The van der Waals surface area contributed by atoms with E-state index in [4.69, 9.17) is 14.2 Å². The van der Waals surface area contributed by atoms with Gasteiger partial charge in [0.05, 0.1) is 20.3 Å². The monoisotopic (exact) mass is 379 g/mol. The predicted molar refractivity (Wildman–Crippen MR) is 98.5 cm³/mol. The summed E-state index contributed by atoms with van der Waals surface area (Å²) in [4.78, 5) is 34.4. The lowest BCUT2D eigenvalue weighted by Crippen LogP contribution is -2.39. The first-order valence-corrected chi connectivity index (χ1v) is 8.58. The van der Waals surface area contributed by atoms with E-state index in [2.05, 4.69) is 4.74 Å². The van der Waals surface area contributed by atoms with Crippen molar-refractivity contribution >= 4 is 24.0 Å². The molecule has 0 aliphatic rings. The maximum atomic E-state index is 11.8. The molecule has 8 nitrogen and oxygen atoms in total. The zero-order valence-electron chi connectivity index (χ0n) is 15.9. The molecule has 0 aliphatic carbocycles. The number of rotatable bonds is 9. The zero-order chi connectivity index (χ0) is 20.2. The Kier molecular flexibility index (Phi) is 9.42. The number of alkyl carbamates (subject to hydrolysis) is 1. The van der Waals surface area contributed by atoms with Crippen molar-refractivity contribution in [3.8, 4) is 11.5 Å². The van der Waals surface area contributed by atoms with Gasteiger partial charge in [0.1, 0.15) is 0 Å². The van der Waals surface area contributed by atoms with Gasteiger partial charge in [-0.05, 0) is 44.0 Å². The molecule has 27 heavy (non-hydrogen) atoms. The van der Waals surface area contributed by atoms with E-state index < -0.39 is 24.1 Å². The van der Waals surface area contributed by atoms with Gasteiger partial charge in [-0.25, -0.2) is 9.59 Å². The number of benzene rings is 1. The van der Waals surface area contributed by atoms with Crippen molar-refractivity contribution in [2.45, 2.75) is 33.3 Å². The largest absolute Gasteiger partial charge is 0.490 e. The van der Waals surface area contributed by atoms with Gasteiger partial charge < -0.3 is 18.9 Å². The van der Waals surface area contributed by atoms with E-state index in [1.807, 2.05) is 19.2 Å². The Morgan fingerprint density at radius 3 is 2.52 bits per heavy atom. The standard InChI is InChI=1S/C19H25NO7/c1-5-11-26-15-9-7-14(12-16(15)25-6-2)8-10-17(21)27-13(3)18(22)20-19(23)24-4/h7-10,12-13H,5-6,11H2,1-4H3,(H,20,22,23)/b10-8+/t13-/m0/s1. The summed E-state index contributed by atoms with van der Waals surface area (Å²) in [5, 5.41) is 1.92. The Balaban J connectivity index is 2.71. The third-order valence-electron chi connectivity index (χ3n) is 3.21. The lowest BCUT2D eigenvalue weighted by Gasteiger charge is -2.12. The lowest BCUT2D eigenvalue weighted by molar-refractivity contribution is -0.149. The van der Waals surface area contributed by atoms with Gasteiger partial charge in [0.2, 0.25) is 0 Å². The number of hydrogen-bond acceptors (Lipinski definition) is 7. The topological polar surface area (TPSA) is 100 Å². The van der Waals surface area contributed by atoms with Gasteiger partial charge in [0.15, 0.2) is 17.6 Å².